The van der Waals surface area contributed by atoms with Crippen molar-refractivity contribution in [2.75, 3.05) is 38.2 Å². The molecule has 0 unspecified atom stereocenters. The molecule has 4 rings (SSSR count). The summed E-state index contributed by atoms with van der Waals surface area (Å²) in [4.78, 5) is 14.8. The van der Waals surface area contributed by atoms with Crippen molar-refractivity contribution >= 4 is 11.6 Å². The maximum atomic E-state index is 12.4. The number of carbonyl (C=O) groups excluding carboxylic acids is 1. The van der Waals surface area contributed by atoms with Gasteiger partial charge in [0.05, 0.1) is 31.6 Å². The highest BCUT2D eigenvalue weighted by molar-refractivity contribution is 5.95. The van der Waals surface area contributed by atoms with Crippen molar-refractivity contribution in [1.29, 1.82) is 0 Å². The molecule has 2 atom stereocenters. The summed E-state index contributed by atoms with van der Waals surface area (Å²) >= 11 is 0. The van der Waals surface area contributed by atoms with E-state index in [1.807, 2.05) is 29.1 Å². The number of nitrogens with one attached hydrogen (secondary N) is 1. The number of morpholine rings is 1. The Balaban J connectivity index is 1.26. The summed E-state index contributed by atoms with van der Waals surface area (Å²) < 4.78 is 7.25. The molecule has 0 radical (unpaired) electrons. The highest BCUT2D eigenvalue weighted by atomic mass is 16.5. The zero-order valence-electron chi connectivity index (χ0n) is 14.3. The first-order valence-electron chi connectivity index (χ1n) is 8.98. The fraction of sp³-hybridized carbons (Fsp3) is 0.474. The molecular weight excluding hydrogens is 316 g/mol. The van der Waals surface area contributed by atoms with Gasteiger partial charge < -0.3 is 10.1 Å². The Bertz CT molecular complexity index is 709. The van der Waals surface area contributed by atoms with E-state index in [-0.39, 0.29) is 11.8 Å². The van der Waals surface area contributed by atoms with E-state index in [0.29, 0.717) is 5.92 Å². The molecule has 6 nitrogen and oxygen atoms in total. The lowest BCUT2D eigenvalue weighted by Gasteiger charge is -2.26. The molecule has 1 saturated carbocycles. The summed E-state index contributed by atoms with van der Waals surface area (Å²) in [6.45, 7) is 5.36. The Kier molecular flexibility index (Phi) is 4.81. The van der Waals surface area contributed by atoms with Crippen LogP contribution in [0.2, 0.25) is 0 Å². The number of ether oxygens (including phenoxy) is 1. The van der Waals surface area contributed by atoms with Crippen LogP contribution in [-0.4, -0.2) is 53.4 Å². The fourth-order valence-corrected chi connectivity index (χ4v) is 3.41. The summed E-state index contributed by atoms with van der Waals surface area (Å²) in [5.74, 6) is 0.540. The Labute approximate surface area is 147 Å². The molecule has 1 aromatic heterocycles. The molecular formula is C19H24N4O2. The third-order valence-corrected chi connectivity index (χ3v) is 5.00. The van der Waals surface area contributed by atoms with Crippen molar-refractivity contribution in [1.82, 2.24) is 14.7 Å². The zero-order chi connectivity index (χ0) is 17.1. The number of aromatic nitrogens is 2. The maximum absolute atomic E-state index is 12.4. The molecule has 2 aromatic rings. The van der Waals surface area contributed by atoms with Gasteiger partial charge in [0, 0.05) is 31.7 Å². The van der Waals surface area contributed by atoms with Crippen molar-refractivity contribution in [3.05, 3.63) is 48.3 Å². The second-order valence-electron chi connectivity index (χ2n) is 6.79. The molecule has 0 spiro atoms. The van der Waals surface area contributed by atoms with Crippen LogP contribution >= 0.6 is 0 Å². The van der Waals surface area contributed by atoms with E-state index in [2.05, 4.69) is 27.4 Å². The van der Waals surface area contributed by atoms with E-state index < -0.39 is 0 Å². The monoisotopic (exact) mass is 340 g/mol. The van der Waals surface area contributed by atoms with Crippen molar-refractivity contribution in [2.45, 2.75) is 18.9 Å². The third-order valence-electron chi connectivity index (χ3n) is 5.00. The normalized spacial score (nSPS) is 23.4. The Morgan fingerprint density at radius 2 is 2.00 bits per heavy atom. The van der Waals surface area contributed by atoms with Crippen LogP contribution < -0.4 is 5.32 Å². The van der Waals surface area contributed by atoms with Gasteiger partial charge in [-0.15, -0.1) is 0 Å². The van der Waals surface area contributed by atoms with E-state index in [0.717, 1.165) is 51.5 Å². The van der Waals surface area contributed by atoms with Crippen molar-refractivity contribution < 1.29 is 9.53 Å². The first-order chi connectivity index (χ1) is 12.3. The van der Waals surface area contributed by atoms with Gasteiger partial charge in [-0.1, -0.05) is 30.3 Å². The smallest absolute Gasteiger partial charge is 0.228 e. The number of anilines is 1. The number of hydrogen-bond donors (Lipinski definition) is 1. The molecule has 1 amide bonds. The van der Waals surface area contributed by atoms with E-state index in [9.17, 15) is 4.79 Å². The molecule has 6 heteroatoms. The highest BCUT2D eigenvalue weighted by Gasteiger charge is 2.43. The Hall–Kier alpha value is -2.18. The van der Waals surface area contributed by atoms with Crippen LogP contribution in [0.3, 0.4) is 0 Å². The van der Waals surface area contributed by atoms with Crippen LogP contribution in [0.25, 0.3) is 0 Å². The van der Waals surface area contributed by atoms with Gasteiger partial charge in [-0.25, -0.2) is 0 Å². The molecule has 25 heavy (non-hydrogen) atoms. The van der Waals surface area contributed by atoms with Crippen molar-refractivity contribution in [3.63, 3.8) is 0 Å². The summed E-state index contributed by atoms with van der Waals surface area (Å²) in [7, 11) is 0. The molecule has 1 saturated heterocycles. The lowest BCUT2D eigenvalue weighted by atomic mass is 10.1. The standard InChI is InChI=1S/C19H24N4O2/c24-19(18-12-17(18)15-4-2-1-3-5-15)21-16-13-20-23(14-16)7-6-22-8-10-25-11-9-22/h1-5,13-14,17-18H,6-12H2,(H,21,24)/t17-,18+/m0/s1. The lowest BCUT2D eigenvalue weighted by Crippen LogP contribution is -2.38. The SMILES string of the molecule is O=C(Nc1cnn(CCN2CCOCC2)c1)[C@@H]1C[C@H]1c1ccccc1. The number of carbonyl (C=O) groups is 1. The molecule has 1 N–H and O–H groups in total. The van der Waals surface area contributed by atoms with Crippen molar-refractivity contribution in [2.24, 2.45) is 5.92 Å². The van der Waals surface area contributed by atoms with Crippen LogP contribution in [0.4, 0.5) is 5.69 Å². The summed E-state index contributed by atoms with van der Waals surface area (Å²) in [5, 5.41) is 7.36. The van der Waals surface area contributed by atoms with Crippen LogP contribution in [0.1, 0.15) is 17.9 Å². The van der Waals surface area contributed by atoms with E-state index in [1.165, 1.54) is 5.56 Å². The van der Waals surface area contributed by atoms with Gasteiger partial charge in [0.1, 0.15) is 0 Å². The summed E-state index contributed by atoms with van der Waals surface area (Å²) in [6, 6.07) is 10.3. The number of rotatable bonds is 6. The molecule has 132 valence electrons. The van der Waals surface area contributed by atoms with Crippen LogP contribution in [0.5, 0.6) is 0 Å². The number of benzene rings is 1. The molecule has 1 aliphatic carbocycles. The number of nitrogens with zero attached hydrogens (tertiary/aromatic N) is 3. The van der Waals surface area contributed by atoms with Crippen LogP contribution in [0.15, 0.2) is 42.7 Å². The van der Waals surface area contributed by atoms with Crippen LogP contribution in [0, 0.1) is 5.92 Å². The average Bonchev–Trinajstić information content (AvgIpc) is 3.35. The van der Waals surface area contributed by atoms with E-state index in [4.69, 9.17) is 4.74 Å². The second-order valence-corrected chi connectivity index (χ2v) is 6.79. The molecule has 1 aliphatic heterocycles. The molecule has 1 aromatic carbocycles. The quantitative estimate of drug-likeness (QED) is 0.873. The van der Waals surface area contributed by atoms with Gasteiger partial charge in [0.25, 0.3) is 0 Å². The van der Waals surface area contributed by atoms with E-state index >= 15 is 0 Å². The Morgan fingerprint density at radius 1 is 1.20 bits per heavy atom. The van der Waals surface area contributed by atoms with Crippen LogP contribution in [-0.2, 0) is 16.1 Å². The van der Waals surface area contributed by atoms with Crippen molar-refractivity contribution in [3.8, 4) is 0 Å². The van der Waals surface area contributed by atoms with Gasteiger partial charge in [-0.05, 0) is 17.9 Å². The molecule has 2 heterocycles. The summed E-state index contributed by atoms with van der Waals surface area (Å²) in [5.41, 5.74) is 2.04. The molecule has 0 bridgehead atoms. The first kappa shape index (κ1) is 16.3. The second kappa shape index (κ2) is 7.37. The van der Waals surface area contributed by atoms with Gasteiger partial charge in [-0.2, -0.15) is 5.10 Å². The third kappa shape index (κ3) is 4.08. The molecule has 2 aliphatic rings. The topological polar surface area (TPSA) is 59.4 Å². The zero-order valence-corrected chi connectivity index (χ0v) is 14.3. The fourth-order valence-electron chi connectivity index (χ4n) is 3.41. The van der Waals surface area contributed by atoms with Gasteiger partial charge >= 0.3 is 0 Å². The minimum Gasteiger partial charge on any atom is -0.379 e. The average molecular weight is 340 g/mol. The maximum Gasteiger partial charge on any atom is 0.228 e. The Morgan fingerprint density at radius 3 is 2.80 bits per heavy atom. The minimum atomic E-state index is 0.0825. The van der Waals surface area contributed by atoms with Gasteiger partial charge in [-0.3, -0.25) is 14.4 Å². The largest absolute Gasteiger partial charge is 0.379 e. The number of hydrogen-bond acceptors (Lipinski definition) is 4. The minimum absolute atomic E-state index is 0.0825. The highest BCUT2D eigenvalue weighted by Crippen LogP contribution is 2.47. The summed E-state index contributed by atoms with van der Waals surface area (Å²) in [6.07, 6.45) is 4.58. The predicted octanol–water partition coefficient (Wildman–Crippen LogP) is 1.96. The van der Waals surface area contributed by atoms with Gasteiger partial charge in [0.2, 0.25) is 5.91 Å². The number of amides is 1. The lowest BCUT2D eigenvalue weighted by molar-refractivity contribution is -0.117. The predicted molar refractivity (Wildman–Crippen MR) is 95.4 cm³/mol. The first-order valence-corrected chi connectivity index (χ1v) is 8.98. The van der Waals surface area contributed by atoms with E-state index in [1.54, 1.807) is 6.20 Å². The molecule has 2 fully saturated rings. The van der Waals surface area contributed by atoms with Gasteiger partial charge in [0.15, 0.2) is 0 Å².